The minimum atomic E-state index is 0.0632. The Balaban J connectivity index is 1.96. The fraction of sp³-hybridized carbons (Fsp3) is 0.471. The Kier molecular flexibility index (Phi) is 4.66. The number of thioether (sulfide) groups is 1. The molecule has 0 unspecified atom stereocenters. The minimum Gasteiger partial charge on any atom is -0.392 e. The third kappa shape index (κ3) is 3.16. The van der Waals surface area contributed by atoms with E-state index in [-0.39, 0.29) is 6.61 Å². The van der Waals surface area contributed by atoms with Crippen LogP contribution in [0.15, 0.2) is 35.4 Å². The topological polar surface area (TPSA) is 38.0 Å². The summed E-state index contributed by atoms with van der Waals surface area (Å²) in [5.74, 6) is 0. The summed E-state index contributed by atoms with van der Waals surface area (Å²) in [6, 6.07) is 10.2. The van der Waals surface area contributed by atoms with E-state index in [1.165, 1.54) is 32.1 Å². The second-order valence-electron chi connectivity index (χ2n) is 5.65. The molecule has 21 heavy (non-hydrogen) atoms. The number of hydrogen-bond donors (Lipinski definition) is 1. The number of hydrogen-bond acceptors (Lipinski definition) is 3. The summed E-state index contributed by atoms with van der Waals surface area (Å²) in [6.45, 7) is 2.05. The minimum absolute atomic E-state index is 0.0632. The molecule has 112 valence electrons. The van der Waals surface area contributed by atoms with Crippen molar-refractivity contribution in [2.75, 3.05) is 0 Å². The number of aliphatic hydroxyl groups excluding tert-OH is 1. The number of rotatable bonds is 4. The summed E-state index contributed by atoms with van der Waals surface area (Å²) in [4.78, 5) is 0. The van der Waals surface area contributed by atoms with Crippen molar-refractivity contribution in [3.63, 3.8) is 0 Å². The first-order valence-corrected chi connectivity index (χ1v) is 8.59. The van der Waals surface area contributed by atoms with Crippen LogP contribution in [0.2, 0.25) is 0 Å². The van der Waals surface area contributed by atoms with Crippen LogP contribution in [0.3, 0.4) is 0 Å². The van der Waals surface area contributed by atoms with Gasteiger partial charge in [0.1, 0.15) is 5.03 Å². The lowest BCUT2D eigenvalue weighted by atomic mass is 10.0. The molecule has 0 saturated heterocycles. The van der Waals surface area contributed by atoms with Gasteiger partial charge in [-0.15, -0.1) is 11.8 Å². The van der Waals surface area contributed by atoms with Gasteiger partial charge in [-0.1, -0.05) is 37.5 Å². The predicted octanol–water partition coefficient (Wildman–Crippen LogP) is 4.10. The zero-order valence-corrected chi connectivity index (χ0v) is 13.3. The lowest BCUT2D eigenvalue weighted by Gasteiger charge is -2.21. The third-order valence-electron chi connectivity index (χ3n) is 4.13. The molecule has 1 aromatic carbocycles. The van der Waals surface area contributed by atoms with Gasteiger partial charge < -0.3 is 5.11 Å². The number of aryl methyl sites for hydroxylation is 1. The largest absolute Gasteiger partial charge is 0.392 e. The number of aromatic nitrogens is 2. The first kappa shape index (κ1) is 14.7. The average molecular weight is 302 g/mol. The molecule has 1 aliphatic rings. The smallest absolute Gasteiger partial charge is 0.106 e. The molecule has 3 rings (SSSR count). The monoisotopic (exact) mass is 302 g/mol. The van der Waals surface area contributed by atoms with Crippen LogP contribution < -0.4 is 0 Å². The molecule has 1 aliphatic carbocycles. The molecular weight excluding hydrogens is 280 g/mol. The molecule has 1 saturated carbocycles. The fourth-order valence-electron chi connectivity index (χ4n) is 2.93. The maximum absolute atomic E-state index is 9.72. The summed E-state index contributed by atoms with van der Waals surface area (Å²) in [5.41, 5.74) is 2.98. The molecule has 1 aromatic heterocycles. The highest BCUT2D eigenvalue weighted by molar-refractivity contribution is 7.99. The molecule has 1 fully saturated rings. The van der Waals surface area contributed by atoms with Crippen molar-refractivity contribution in [2.24, 2.45) is 0 Å². The molecule has 2 aromatic rings. The molecule has 1 heterocycles. The zero-order chi connectivity index (χ0) is 14.7. The van der Waals surface area contributed by atoms with E-state index in [1.807, 2.05) is 41.6 Å². The molecular formula is C17H22N2OS. The Morgan fingerprint density at radius 1 is 1.19 bits per heavy atom. The average Bonchev–Trinajstić information content (AvgIpc) is 2.85. The van der Waals surface area contributed by atoms with Crippen molar-refractivity contribution >= 4 is 11.8 Å². The van der Waals surface area contributed by atoms with Crippen LogP contribution in [-0.2, 0) is 6.61 Å². The lowest BCUT2D eigenvalue weighted by Crippen LogP contribution is -2.10. The molecule has 3 nitrogen and oxygen atoms in total. The van der Waals surface area contributed by atoms with Crippen LogP contribution in [0.25, 0.3) is 5.69 Å². The Morgan fingerprint density at radius 2 is 1.90 bits per heavy atom. The molecule has 0 bridgehead atoms. The van der Waals surface area contributed by atoms with E-state index in [0.29, 0.717) is 5.25 Å². The lowest BCUT2D eigenvalue weighted by molar-refractivity contribution is 0.278. The fourth-order valence-corrected chi connectivity index (χ4v) is 4.41. The van der Waals surface area contributed by atoms with Crippen molar-refractivity contribution in [2.45, 2.75) is 55.9 Å². The van der Waals surface area contributed by atoms with E-state index in [2.05, 4.69) is 17.2 Å². The summed E-state index contributed by atoms with van der Waals surface area (Å²) in [5, 5.41) is 16.1. The van der Waals surface area contributed by atoms with Gasteiger partial charge in [-0.3, -0.25) is 0 Å². The van der Waals surface area contributed by atoms with Crippen LogP contribution in [0.4, 0.5) is 0 Å². The van der Waals surface area contributed by atoms with Gasteiger partial charge in [0.25, 0.3) is 0 Å². The number of benzene rings is 1. The first-order chi connectivity index (χ1) is 10.3. The maximum atomic E-state index is 9.72. The zero-order valence-electron chi connectivity index (χ0n) is 12.5. The van der Waals surface area contributed by atoms with Crippen molar-refractivity contribution in [3.8, 4) is 5.69 Å². The van der Waals surface area contributed by atoms with Crippen molar-refractivity contribution in [1.82, 2.24) is 9.78 Å². The van der Waals surface area contributed by atoms with Crippen molar-refractivity contribution < 1.29 is 5.11 Å². The van der Waals surface area contributed by atoms with Gasteiger partial charge >= 0.3 is 0 Å². The van der Waals surface area contributed by atoms with E-state index in [0.717, 1.165) is 22.0 Å². The second kappa shape index (κ2) is 6.67. The number of nitrogens with zero attached hydrogens (tertiary/aromatic N) is 2. The first-order valence-electron chi connectivity index (χ1n) is 7.71. The quantitative estimate of drug-likeness (QED) is 0.924. The van der Waals surface area contributed by atoms with Gasteiger partial charge in [0.2, 0.25) is 0 Å². The highest BCUT2D eigenvalue weighted by Crippen LogP contribution is 2.37. The normalized spacial score (nSPS) is 16.3. The van der Waals surface area contributed by atoms with Gasteiger partial charge in [-0.25, -0.2) is 4.68 Å². The van der Waals surface area contributed by atoms with Crippen LogP contribution in [0.1, 0.15) is 43.4 Å². The Morgan fingerprint density at radius 3 is 2.57 bits per heavy atom. The molecule has 0 atom stereocenters. The van der Waals surface area contributed by atoms with E-state index in [4.69, 9.17) is 0 Å². The van der Waals surface area contributed by atoms with E-state index >= 15 is 0 Å². The van der Waals surface area contributed by atoms with Gasteiger partial charge in [0.05, 0.1) is 18.0 Å². The molecule has 1 N–H and O–H groups in total. The van der Waals surface area contributed by atoms with E-state index < -0.39 is 0 Å². The van der Waals surface area contributed by atoms with Gasteiger partial charge in [-0.2, -0.15) is 5.10 Å². The second-order valence-corrected chi connectivity index (χ2v) is 6.94. The van der Waals surface area contributed by atoms with Gasteiger partial charge in [0.15, 0.2) is 0 Å². The Labute approximate surface area is 130 Å². The molecule has 0 spiro atoms. The predicted molar refractivity (Wildman–Crippen MR) is 87.0 cm³/mol. The van der Waals surface area contributed by atoms with Crippen LogP contribution in [-0.4, -0.2) is 20.1 Å². The number of para-hydroxylation sites is 1. The molecule has 0 aliphatic heterocycles. The highest BCUT2D eigenvalue weighted by atomic mass is 32.2. The van der Waals surface area contributed by atoms with E-state index in [9.17, 15) is 5.11 Å². The molecule has 0 radical (unpaired) electrons. The highest BCUT2D eigenvalue weighted by Gasteiger charge is 2.22. The van der Waals surface area contributed by atoms with Gasteiger partial charge in [-0.05, 0) is 31.9 Å². The Bertz CT molecular complexity index is 588. The summed E-state index contributed by atoms with van der Waals surface area (Å²) >= 11 is 1.90. The summed E-state index contributed by atoms with van der Waals surface area (Å²) in [6.07, 6.45) is 6.55. The summed E-state index contributed by atoms with van der Waals surface area (Å²) in [7, 11) is 0. The van der Waals surface area contributed by atoms with Crippen molar-refractivity contribution in [3.05, 3.63) is 41.6 Å². The van der Waals surface area contributed by atoms with Crippen LogP contribution >= 0.6 is 11.8 Å². The van der Waals surface area contributed by atoms with Crippen LogP contribution in [0, 0.1) is 6.92 Å². The van der Waals surface area contributed by atoms with Crippen LogP contribution in [0.5, 0.6) is 0 Å². The summed E-state index contributed by atoms with van der Waals surface area (Å²) < 4.78 is 2.00. The Hall–Kier alpha value is -1.26. The van der Waals surface area contributed by atoms with E-state index in [1.54, 1.807) is 0 Å². The van der Waals surface area contributed by atoms with Crippen molar-refractivity contribution in [1.29, 1.82) is 0 Å². The third-order valence-corrected chi connectivity index (χ3v) is 5.57. The molecule has 4 heteroatoms. The standard InChI is InChI=1S/C17H22N2OS/c1-13-16(12-20)17(21-15-10-6-3-7-11-15)19(18-13)14-8-4-2-5-9-14/h2,4-5,8-9,15,20H,3,6-7,10-12H2,1H3. The van der Waals surface area contributed by atoms with Gasteiger partial charge in [0, 0.05) is 10.8 Å². The SMILES string of the molecule is Cc1nn(-c2ccccc2)c(SC2CCCCC2)c1CO. The number of aliphatic hydroxyl groups is 1. The molecule has 0 amide bonds. The maximum Gasteiger partial charge on any atom is 0.106 e.